The largest absolute Gasteiger partial charge is 0.349 e. The number of fused-ring (bicyclic) bond motifs is 4. The average Bonchev–Trinajstić information content (AvgIpc) is 3.15. The molecule has 3 heteroatoms. The molecule has 1 spiro atoms. The number of nitrogens with one attached hydrogen (secondary N) is 1. The Morgan fingerprint density at radius 1 is 1.14 bits per heavy atom. The van der Waals surface area contributed by atoms with Crippen LogP contribution in [0.4, 0.5) is 0 Å². The highest BCUT2D eigenvalue weighted by Gasteiger charge is 2.43. The molecule has 4 aliphatic carbocycles. The van der Waals surface area contributed by atoms with Crippen LogP contribution in [-0.2, 0) is 10.2 Å². The molecule has 1 heterocycles. The first kappa shape index (κ1) is 17.0. The topological polar surface area (TPSA) is 32.3 Å². The van der Waals surface area contributed by atoms with Crippen molar-refractivity contribution >= 4 is 11.5 Å². The lowest BCUT2D eigenvalue weighted by atomic mass is 9.74. The van der Waals surface area contributed by atoms with Gasteiger partial charge in [-0.15, -0.1) is 0 Å². The van der Waals surface area contributed by atoms with Crippen molar-refractivity contribution in [2.24, 2.45) is 17.8 Å². The van der Waals surface area contributed by atoms with Crippen molar-refractivity contribution in [2.75, 3.05) is 19.6 Å². The molecule has 1 aromatic carbocycles. The van der Waals surface area contributed by atoms with E-state index in [2.05, 4.69) is 52.7 Å². The van der Waals surface area contributed by atoms with Gasteiger partial charge < -0.3 is 10.2 Å². The molecule has 6 rings (SSSR count). The Kier molecular flexibility index (Phi) is 3.84. The summed E-state index contributed by atoms with van der Waals surface area (Å²) < 4.78 is 0. The number of carbonyl (C=O) groups excluding carboxylic acids is 1. The minimum absolute atomic E-state index is 0. The van der Waals surface area contributed by atoms with E-state index < -0.39 is 0 Å². The molecular formula is C25H32N2O. The van der Waals surface area contributed by atoms with Gasteiger partial charge in [0, 0.05) is 25.0 Å². The van der Waals surface area contributed by atoms with Crippen LogP contribution in [0.5, 0.6) is 0 Å². The monoisotopic (exact) mass is 376 g/mol. The lowest BCUT2D eigenvalue weighted by Crippen LogP contribution is -2.43. The Morgan fingerprint density at radius 2 is 1.96 bits per heavy atom. The van der Waals surface area contributed by atoms with Crippen molar-refractivity contribution < 1.29 is 6.22 Å². The summed E-state index contributed by atoms with van der Waals surface area (Å²) in [6.45, 7) is 3.57. The molecule has 1 aliphatic heterocycles. The lowest BCUT2D eigenvalue weighted by Gasteiger charge is -2.40. The summed E-state index contributed by atoms with van der Waals surface area (Å²) in [6, 6.07) is 9.04. The minimum atomic E-state index is 0. The lowest BCUT2D eigenvalue weighted by molar-refractivity contribution is -0.115. The third-order valence-electron chi connectivity index (χ3n) is 7.99. The van der Waals surface area contributed by atoms with Crippen molar-refractivity contribution in [1.82, 2.24) is 10.2 Å². The highest BCUT2D eigenvalue weighted by Crippen LogP contribution is 2.48. The fourth-order valence-corrected chi connectivity index (χ4v) is 6.25. The molecule has 3 nitrogen and oxygen atoms in total. The van der Waals surface area contributed by atoms with E-state index in [-0.39, 0.29) is 12.7 Å². The van der Waals surface area contributed by atoms with Crippen molar-refractivity contribution in [3.8, 4) is 0 Å². The standard InChI is InChI=1S/C25H30N2O.H2/c28-24(26-20-7-8-20)22-15-25(23-4-2-1-3-21(22)23)9-11-27(12-10-25)16-19-14-17-5-6-18(19)13-17;/h1-6,15,17-20H,7-14,16H2,(H,26,28);1H. The normalized spacial score (nSPS) is 32.6. The van der Waals surface area contributed by atoms with Gasteiger partial charge in [-0.25, -0.2) is 0 Å². The first-order chi connectivity index (χ1) is 13.7. The Morgan fingerprint density at radius 3 is 2.68 bits per heavy atom. The van der Waals surface area contributed by atoms with E-state index in [1.165, 1.54) is 30.5 Å². The van der Waals surface area contributed by atoms with Crippen LogP contribution in [-0.4, -0.2) is 36.5 Å². The molecule has 3 atom stereocenters. The number of likely N-dealkylation sites (tertiary alicyclic amines) is 1. The molecule has 28 heavy (non-hydrogen) atoms. The van der Waals surface area contributed by atoms with E-state index in [4.69, 9.17) is 0 Å². The Bertz CT molecular complexity index is 863. The molecule has 148 valence electrons. The Labute approximate surface area is 169 Å². The fraction of sp³-hybridized carbons (Fsp3) is 0.560. The number of carbonyl (C=O) groups is 1. The summed E-state index contributed by atoms with van der Waals surface area (Å²) in [5.41, 5.74) is 3.55. The van der Waals surface area contributed by atoms with Crippen LogP contribution in [0.25, 0.3) is 5.57 Å². The molecular weight excluding hydrogens is 344 g/mol. The van der Waals surface area contributed by atoms with Gasteiger partial charge in [-0.3, -0.25) is 4.79 Å². The van der Waals surface area contributed by atoms with Crippen LogP contribution in [0, 0.1) is 17.8 Å². The summed E-state index contributed by atoms with van der Waals surface area (Å²) in [7, 11) is 0. The van der Waals surface area contributed by atoms with Gasteiger partial charge in [-0.1, -0.05) is 42.5 Å². The molecule has 2 bridgehead atoms. The van der Waals surface area contributed by atoms with E-state index in [9.17, 15) is 4.79 Å². The molecule has 0 radical (unpaired) electrons. The molecule has 0 aromatic heterocycles. The number of amides is 1. The highest BCUT2D eigenvalue weighted by molar-refractivity contribution is 6.21. The fourth-order valence-electron chi connectivity index (χ4n) is 6.25. The van der Waals surface area contributed by atoms with Crippen LogP contribution in [0.3, 0.4) is 0 Å². The predicted molar refractivity (Wildman–Crippen MR) is 114 cm³/mol. The summed E-state index contributed by atoms with van der Waals surface area (Å²) >= 11 is 0. The number of piperidine rings is 1. The minimum Gasteiger partial charge on any atom is -0.349 e. The van der Waals surface area contributed by atoms with Crippen LogP contribution >= 0.6 is 0 Å². The molecule has 3 unspecified atom stereocenters. The predicted octanol–water partition coefficient (Wildman–Crippen LogP) is 4.15. The number of hydrogen-bond donors (Lipinski definition) is 1. The van der Waals surface area contributed by atoms with Gasteiger partial charge in [-0.2, -0.15) is 0 Å². The molecule has 3 fully saturated rings. The van der Waals surface area contributed by atoms with Crippen molar-refractivity contribution in [3.63, 3.8) is 0 Å². The zero-order chi connectivity index (χ0) is 18.7. The smallest absolute Gasteiger partial charge is 0.251 e. The van der Waals surface area contributed by atoms with Gasteiger partial charge >= 0.3 is 0 Å². The maximum atomic E-state index is 12.9. The van der Waals surface area contributed by atoms with Crippen molar-refractivity contribution in [1.29, 1.82) is 0 Å². The third-order valence-corrected chi connectivity index (χ3v) is 7.99. The Balaban J connectivity index is 0.00000181. The second-order valence-electron chi connectivity index (χ2n) is 9.85. The molecule has 1 amide bonds. The maximum absolute atomic E-state index is 12.9. The Hall–Kier alpha value is -1.87. The van der Waals surface area contributed by atoms with E-state index in [1.807, 2.05) is 0 Å². The number of nitrogens with zero attached hydrogens (tertiary/aromatic N) is 1. The van der Waals surface area contributed by atoms with Crippen LogP contribution in [0.2, 0.25) is 0 Å². The zero-order valence-corrected chi connectivity index (χ0v) is 16.6. The SMILES string of the molecule is O=C(NC1CC1)C1=CC2(CCN(CC3CC4C=CC3C4)CC2)c2ccccc21.[HH]. The molecule has 2 saturated carbocycles. The zero-order valence-electron chi connectivity index (χ0n) is 16.6. The maximum Gasteiger partial charge on any atom is 0.251 e. The van der Waals surface area contributed by atoms with E-state index >= 15 is 0 Å². The quantitative estimate of drug-likeness (QED) is 0.801. The third kappa shape index (κ3) is 2.78. The van der Waals surface area contributed by atoms with Crippen LogP contribution in [0.1, 0.15) is 51.1 Å². The van der Waals surface area contributed by atoms with E-state index in [0.29, 0.717) is 6.04 Å². The summed E-state index contributed by atoms with van der Waals surface area (Å²) in [4.78, 5) is 15.6. The second kappa shape index (κ2) is 6.32. The first-order valence-electron chi connectivity index (χ1n) is 11.2. The van der Waals surface area contributed by atoms with E-state index in [1.54, 1.807) is 0 Å². The van der Waals surface area contributed by atoms with Crippen molar-refractivity contribution in [3.05, 3.63) is 53.6 Å². The van der Waals surface area contributed by atoms with Crippen LogP contribution < -0.4 is 5.32 Å². The second-order valence-corrected chi connectivity index (χ2v) is 9.85. The van der Waals surface area contributed by atoms with Crippen molar-refractivity contribution in [2.45, 2.75) is 50.0 Å². The number of benzene rings is 1. The van der Waals surface area contributed by atoms with Gasteiger partial charge in [0.15, 0.2) is 0 Å². The van der Waals surface area contributed by atoms with Crippen LogP contribution in [0.15, 0.2) is 42.5 Å². The molecule has 5 aliphatic rings. The summed E-state index contributed by atoms with van der Waals surface area (Å²) in [5.74, 6) is 2.72. The summed E-state index contributed by atoms with van der Waals surface area (Å²) in [5, 5.41) is 3.21. The van der Waals surface area contributed by atoms with Gasteiger partial charge in [-0.05, 0) is 80.5 Å². The van der Waals surface area contributed by atoms with Gasteiger partial charge in [0.2, 0.25) is 0 Å². The number of allylic oxidation sites excluding steroid dienone is 3. The molecule has 1 aromatic rings. The molecule has 1 saturated heterocycles. The van der Waals surface area contributed by atoms with Gasteiger partial charge in [0.1, 0.15) is 0 Å². The van der Waals surface area contributed by atoms with Gasteiger partial charge in [0.25, 0.3) is 5.91 Å². The molecule has 1 N–H and O–H groups in total. The summed E-state index contributed by atoms with van der Waals surface area (Å²) in [6.07, 6.45) is 14.6. The number of rotatable bonds is 4. The van der Waals surface area contributed by atoms with E-state index in [0.717, 1.165) is 62.1 Å². The average molecular weight is 377 g/mol. The number of hydrogen-bond acceptors (Lipinski definition) is 2. The van der Waals surface area contributed by atoms with Gasteiger partial charge in [0.05, 0.1) is 0 Å². The highest BCUT2D eigenvalue weighted by atomic mass is 16.1. The first-order valence-corrected chi connectivity index (χ1v) is 11.2.